The largest absolute Gasteiger partial charge is 0.465 e. The quantitative estimate of drug-likeness (QED) is 0.616. The van der Waals surface area contributed by atoms with Gasteiger partial charge in [0.15, 0.2) is 11.5 Å². The molecule has 0 aromatic heterocycles. The predicted octanol–water partition coefficient (Wildman–Crippen LogP) is 2.47. The summed E-state index contributed by atoms with van der Waals surface area (Å²) in [7, 11) is 0. The topological polar surface area (TPSA) is 44.8 Å². The van der Waals surface area contributed by atoms with E-state index in [1.54, 1.807) is 6.08 Å². The number of cyclic esters (lactones) is 1. The number of hydrogen-bond acceptors (Lipinski definition) is 4. The second-order valence-corrected chi connectivity index (χ2v) is 5.02. The van der Waals surface area contributed by atoms with Crippen LogP contribution in [0.3, 0.4) is 0 Å². The SMILES string of the molecule is C=CC[C@@]1(Cc2ccc3c(c2)OCO3)CCOC1=O. The fourth-order valence-corrected chi connectivity index (χ4v) is 2.73. The summed E-state index contributed by atoms with van der Waals surface area (Å²) in [5, 5.41) is 0. The van der Waals surface area contributed by atoms with Crippen molar-refractivity contribution in [3.8, 4) is 11.5 Å². The second kappa shape index (κ2) is 4.61. The zero-order chi connectivity index (χ0) is 13.3. The summed E-state index contributed by atoms with van der Waals surface area (Å²) >= 11 is 0. The van der Waals surface area contributed by atoms with Crippen molar-refractivity contribution in [1.82, 2.24) is 0 Å². The summed E-state index contributed by atoms with van der Waals surface area (Å²) in [6.45, 7) is 4.51. The maximum atomic E-state index is 12.0. The van der Waals surface area contributed by atoms with Crippen LogP contribution >= 0.6 is 0 Å². The molecule has 0 amide bonds. The molecule has 2 aliphatic heterocycles. The Bertz CT molecular complexity index is 523. The van der Waals surface area contributed by atoms with Gasteiger partial charge in [-0.2, -0.15) is 0 Å². The maximum absolute atomic E-state index is 12.0. The number of carbonyl (C=O) groups is 1. The Morgan fingerprint density at radius 3 is 2.84 bits per heavy atom. The summed E-state index contributed by atoms with van der Waals surface area (Å²) in [4.78, 5) is 12.0. The lowest BCUT2D eigenvalue weighted by molar-refractivity contribution is -0.146. The predicted molar refractivity (Wildman–Crippen MR) is 69.1 cm³/mol. The van der Waals surface area contributed by atoms with E-state index >= 15 is 0 Å². The van der Waals surface area contributed by atoms with Gasteiger partial charge in [0.2, 0.25) is 6.79 Å². The van der Waals surface area contributed by atoms with Crippen molar-refractivity contribution < 1.29 is 19.0 Å². The van der Waals surface area contributed by atoms with Gasteiger partial charge in [0.25, 0.3) is 0 Å². The molecule has 1 aromatic rings. The van der Waals surface area contributed by atoms with E-state index < -0.39 is 5.41 Å². The highest BCUT2D eigenvalue weighted by Gasteiger charge is 2.43. The van der Waals surface area contributed by atoms with Crippen LogP contribution in [0.1, 0.15) is 18.4 Å². The standard InChI is InChI=1S/C15H16O4/c1-2-5-15(6-7-17-14(15)16)9-11-3-4-12-13(8-11)19-10-18-12/h2-4,8H,1,5-7,9-10H2/t15-/m0/s1. The van der Waals surface area contributed by atoms with E-state index in [9.17, 15) is 4.79 Å². The molecule has 4 heteroatoms. The molecule has 3 rings (SSSR count). The molecule has 0 spiro atoms. The van der Waals surface area contributed by atoms with Crippen molar-refractivity contribution >= 4 is 5.97 Å². The van der Waals surface area contributed by atoms with Gasteiger partial charge in [0, 0.05) is 0 Å². The molecule has 2 aliphatic rings. The third kappa shape index (κ3) is 2.07. The Balaban J connectivity index is 1.86. The molecule has 19 heavy (non-hydrogen) atoms. The molecule has 0 saturated carbocycles. The van der Waals surface area contributed by atoms with Crippen molar-refractivity contribution in [3.63, 3.8) is 0 Å². The van der Waals surface area contributed by atoms with Gasteiger partial charge in [-0.25, -0.2) is 0 Å². The molecule has 1 fully saturated rings. The van der Waals surface area contributed by atoms with Crippen molar-refractivity contribution in [2.75, 3.05) is 13.4 Å². The van der Waals surface area contributed by atoms with Gasteiger partial charge in [0.05, 0.1) is 12.0 Å². The third-order valence-electron chi connectivity index (χ3n) is 3.76. The fourth-order valence-electron chi connectivity index (χ4n) is 2.73. The molecule has 1 aromatic carbocycles. The van der Waals surface area contributed by atoms with Crippen molar-refractivity contribution in [3.05, 3.63) is 36.4 Å². The van der Waals surface area contributed by atoms with Crippen LogP contribution in [-0.4, -0.2) is 19.4 Å². The lowest BCUT2D eigenvalue weighted by atomic mass is 9.77. The highest BCUT2D eigenvalue weighted by Crippen LogP contribution is 2.40. The maximum Gasteiger partial charge on any atom is 0.312 e. The number of rotatable bonds is 4. The fraction of sp³-hybridized carbons (Fsp3) is 0.400. The van der Waals surface area contributed by atoms with Crippen LogP contribution in [0, 0.1) is 5.41 Å². The summed E-state index contributed by atoms with van der Waals surface area (Å²) in [6, 6.07) is 5.81. The zero-order valence-electron chi connectivity index (χ0n) is 10.7. The Morgan fingerprint density at radius 2 is 2.11 bits per heavy atom. The van der Waals surface area contributed by atoms with Crippen LogP contribution in [0.2, 0.25) is 0 Å². The monoisotopic (exact) mass is 260 g/mol. The van der Waals surface area contributed by atoms with Crippen LogP contribution in [-0.2, 0) is 16.0 Å². The van der Waals surface area contributed by atoms with E-state index in [1.807, 2.05) is 18.2 Å². The molecular weight excluding hydrogens is 244 g/mol. The van der Waals surface area contributed by atoms with Crippen molar-refractivity contribution in [2.45, 2.75) is 19.3 Å². The number of carbonyl (C=O) groups excluding carboxylic acids is 1. The van der Waals surface area contributed by atoms with Gasteiger partial charge < -0.3 is 14.2 Å². The Hall–Kier alpha value is -1.97. The number of fused-ring (bicyclic) bond motifs is 1. The lowest BCUT2D eigenvalue weighted by Crippen LogP contribution is -2.28. The number of allylic oxidation sites excluding steroid dienone is 1. The van der Waals surface area contributed by atoms with E-state index in [0.29, 0.717) is 19.4 Å². The van der Waals surface area contributed by atoms with Crippen LogP contribution < -0.4 is 9.47 Å². The van der Waals surface area contributed by atoms with E-state index in [1.165, 1.54) is 0 Å². The number of hydrogen-bond donors (Lipinski definition) is 0. The number of ether oxygens (including phenoxy) is 3. The first-order chi connectivity index (χ1) is 9.23. The molecule has 0 unspecified atom stereocenters. The molecule has 2 heterocycles. The molecule has 1 atom stereocenters. The Morgan fingerprint density at radius 1 is 1.26 bits per heavy atom. The first kappa shape index (κ1) is 12.1. The Kier molecular flexibility index (Phi) is 2.93. The van der Waals surface area contributed by atoms with Crippen LogP contribution in [0.4, 0.5) is 0 Å². The van der Waals surface area contributed by atoms with Gasteiger partial charge >= 0.3 is 5.97 Å². The van der Waals surface area contributed by atoms with Gasteiger partial charge in [-0.1, -0.05) is 12.1 Å². The average Bonchev–Trinajstić information content (AvgIpc) is 2.98. The van der Waals surface area contributed by atoms with Crippen LogP contribution in [0.5, 0.6) is 11.5 Å². The highest BCUT2D eigenvalue weighted by molar-refractivity contribution is 5.79. The van der Waals surface area contributed by atoms with Crippen molar-refractivity contribution in [1.29, 1.82) is 0 Å². The second-order valence-electron chi connectivity index (χ2n) is 5.02. The van der Waals surface area contributed by atoms with E-state index in [4.69, 9.17) is 14.2 Å². The normalized spacial score (nSPS) is 24.3. The minimum atomic E-state index is -0.463. The van der Waals surface area contributed by atoms with Gasteiger partial charge in [-0.15, -0.1) is 6.58 Å². The van der Waals surface area contributed by atoms with E-state index in [0.717, 1.165) is 23.5 Å². The van der Waals surface area contributed by atoms with Crippen LogP contribution in [0.25, 0.3) is 0 Å². The van der Waals surface area contributed by atoms with Gasteiger partial charge in [0.1, 0.15) is 0 Å². The third-order valence-corrected chi connectivity index (χ3v) is 3.76. The summed E-state index contributed by atoms with van der Waals surface area (Å²) in [5.74, 6) is 1.39. The van der Waals surface area contributed by atoms with Gasteiger partial charge in [-0.05, 0) is 37.0 Å². The minimum absolute atomic E-state index is 0.120. The van der Waals surface area contributed by atoms with E-state index in [2.05, 4.69) is 6.58 Å². The summed E-state index contributed by atoms with van der Waals surface area (Å²) in [5.41, 5.74) is 0.597. The summed E-state index contributed by atoms with van der Waals surface area (Å²) in [6.07, 6.45) is 3.82. The minimum Gasteiger partial charge on any atom is -0.465 e. The Labute approximate surface area is 112 Å². The molecule has 100 valence electrons. The molecule has 4 nitrogen and oxygen atoms in total. The molecule has 0 aliphatic carbocycles. The molecule has 1 saturated heterocycles. The zero-order valence-corrected chi connectivity index (χ0v) is 10.7. The smallest absolute Gasteiger partial charge is 0.312 e. The van der Waals surface area contributed by atoms with Crippen molar-refractivity contribution in [2.24, 2.45) is 5.41 Å². The van der Waals surface area contributed by atoms with Crippen LogP contribution in [0.15, 0.2) is 30.9 Å². The summed E-state index contributed by atoms with van der Waals surface area (Å²) < 4.78 is 15.8. The lowest BCUT2D eigenvalue weighted by Gasteiger charge is -2.23. The first-order valence-electron chi connectivity index (χ1n) is 6.40. The molecule has 0 radical (unpaired) electrons. The average molecular weight is 260 g/mol. The van der Waals surface area contributed by atoms with Gasteiger partial charge in [-0.3, -0.25) is 4.79 Å². The number of benzene rings is 1. The van der Waals surface area contributed by atoms with E-state index in [-0.39, 0.29) is 12.8 Å². The number of esters is 1. The molecular formula is C15H16O4. The molecule has 0 bridgehead atoms. The first-order valence-corrected chi connectivity index (χ1v) is 6.40. The molecule has 0 N–H and O–H groups in total. The highest BCUT2D eigenvalue weighted by atomic mass is 16.7.